The van der Waals surface area contributed by atoms with E-state index in [9.17, 15) is 0 Å². The van der Waals surface area contributed by atoms with Crippen LogP contribution in [0.5, 0.6) is 0 Å². The molecule has 0 radical (unpaired) electrons. The summed E-state index contributed by atoms with van der Waals surface area (Å²) in [5.41, 5.74) is 9.49. The van der Waals surface area contributed by atoms with Crippen molar-refractivity contribution in [2.75, 3.05) is 0 Å². The normalized spacial score (nSPS) is 26.6. The highest BCUT2D eigenvalue weighted by Gasteiger charge is 2.35. The van der Waals surface area contributed by atoms with Crippen LogP contribution >= 0.6 is 0 Å². The minimum Gasteiger partial charge on any atom is -0.0729 e. The zero-order valence-electron chi connectivity index (χ0n) is 17.6. The maximum atomic E-state index is 2.49. The first-order valence-electron chi connectivity index (χ1n) is 10.3. The molecule has 0 heteroatoms. The van der Waals surface area contributed by atoms with Gasteiger partial charge >= 0.3 is 0 Å². The molecule has 0 N–H and O–H groups in total. The summed E-state index contributed by atoms with van der Waals surface area (Å²) in [6.07, 6.45) is 24.2. The lowest BCUT2D eigenvalue weighted by Crippen LogP contribution is -2.16. The third-order valence-electron chi connectivity index (χ3n) is 6.24. The Hall–Kier alpha value is -2.08. The molecule has 0 aromatic heterocycles. The molecule has 27 heavy (non-hydrogen) atoms. The van der Waals surface area contributed by atoms with E-state index in [1.807, 2.05) is 0 Å². The highest BCUT2D eigenvalue weighted by Crippen LogP contribution is 2.49. The Balaban J connectivity index is 1.74. The summed E-state index contributed by atoms with van der Waals surface area (Å²) in [6.45, 7) is 14.0. The van der Waals surface area contributed by atoms with Crippen LogP contribution in [0.15, 0.2) is 94.2 Å². The first kappa shape index (κ1) is 18.3. The predicted octanol–water partition coefficient (Wildman–Crippen LogP) is 7.43. The van der Waals surface area contributed by atoms with E-state index in [1.165, 1.54) is 22.3 Å². The summed E-state index contributed by atoms with van der Waals surface area (Å²) >= 11 is 0. The largest absolute Gasteiger partial charge is 0.0729 e. The maximum absolute atomic E-state index is 2.49. The van der Waals surface area contributed by atoms with E-state index in [4.69, 9.17) is 0 Å². The van der Waals surface area contributed by atoms with Gasteiger partial charge < -0.3 is 0 Å². The average molecular weight is 357 g/mol. The fourth-order valence-corrected chi connectivity index (χ4v) is 4.84. The Labute approximate surface area is 165 Å². The van der Waals surface area contributed by atoms with Gasteiger partial charge in [-0.15, -0.1) is 0 Å². The average Bonchev–Trinajstić information content (AvgIpc) is 3.15. The van der Waals surface area contributed by atoms with E-state index in [1.54, 1.807) is 11.1 Å². The zero-order chi connectivity index (χ0) is 19.4. The molecule has 0 amide bonds. The van der Waals surface area contributed by atoms with E-state index in [0.29, 0.717) is 11.8 Å². The van der Waals surface area contributed by atoms with E-state index in [0.717, 1.165) is 6.42 Å². The van der Waals surface area contributed by atoms with Crippen LogP contribution in [0.3, 0.4) is 0 Å². The number of rotatable bonds is 2. The van der Waals surface area contributed by atoms with Crippen molar-refractivity contribution in [1.82, 2.24) is 0 Å². The molecule has 0 aromatic carbocycles. The SMILES string of the molecule is CC(C)(C)C1=CC(CC2=C3C=CC=CC3C(C(C)(C)C)=C2)=C2C=CC=CC12. The Bertz CT molecular complexity index is 826. The molecule has 0 spiro atoms. The van der Waals surface area contributed by atoms with Crippen molar-refractivity contribution < 1.29 is 0 Å². The third-order valence-corrected chi connectivity index (χ3v) is 6.24. The van der Waals surface area contributed by atoms with Crippen molar-refractivity contribution in [3.05, 3.63) is 94.2 Å². The Morgan fingerprint density at radius 3 is 1.41 bits per heavy atom. The second kappa shape index (κ2) is 6.23. The fourth-order valence-electron chi connectivity index (χ4n) is 4.84. The lowest BCUT2D eigenvalue weighted by Gasteiger charge is -2.27. The number of allylic oxidation sites excluding steroid dienone is 16. The molecule has 2 unspecified atom stereocenters. The molecule has 0 saturated carbocycles. The molecule has 0 nitrogen and oxygen atoms in total. The van der Waals surface area contributed by atoms with Gasteiger partial charge in [-0.1, -0.05) is 113 Å². The highest BCUT2D eigenvalue weighted by atomic mass is 14.4. The van der Waals surface area contributed by atoms with Crippen LogP contribution in [0.4, 0.5) is 0 Å². The van der Waals surface area contributed by atoms with Gasteiger partial charge in [-0.2, -0.15) is 0 Å². The lowest BCUT2D eigenvalue weighted by atomic mass is 9.77. The molecular weight excluding hydrogens is 324 g/mol. The van der Waals surface area contributed by atoms with E-state index in [-0.39, 0.29) is 10.8 Å². The molecule has 0 fully saturated rings. The first-order chi connectivity index (χ1) is 12.7. The van der Waals surface area contributed by atoms with Crippen LogP contribution in [0.2, 0.25) is 0 Å². The van der Waals surface area contributed by atoms with E-state index < -0.39 is 0 Å². The van der Waals surface area contributed by atoms with Crippen molar-refractivity contribution in [1.29, 1.82) is 0 Å². The summed E-state index contributed by atoms with van der Waals surface area (Å²) < 4.78 is 0. The topological polar surface area (TPSA) is 0 Å². The second-order valence-electron chi connectivity index (χ2n) is 10.3. The Morgan fingerprint density at radius 2 is 1.04 bits per heavy atom. The van der Waals surface area contributed by atoms with Crippen LogP contribution in [-0.4, -0.2) is 0 Å². The van der Waals surface area contributed by atoms with Crippen molar-refractivity contribution >= 4 is 0 Å². The molecule has 0 heterocycles. The van der Waals surface area contributed by atoms with Gasteiger partial charge in [0.15, 0.2) is 0 Å². The predicted molar refractivity (Wildman–Crippen MR) is 117 cm³/mol. The molecule has 0 saturated heterocycles. The van der Waals surface area contributed by atoms with Gasteiger partial charge in [0.2, 0.25) is 0 Å². The summed E-state index contributed by atoms with van der Waals surface area (Å²) in [4.78, 5) is 0. The molecule has 2 atom stereocenters. The van der Waals surface area contributed by atoms with Crippen LogP contribution in [0.1, 0.15) is 48.0 Å². The summed E-state index contributed by atoms with van der Waals surface area (Å²) in [7, 11) is 0. The number of hydrogen-bond acceptors (Lipinski definition) is 0. The van der Waals surface area contributed by atoms with Gasteiger partial charge in [0.05, 0.1) is 0 Å². The molecule has 0 aromatic rings. The zero-order valence-corrected chi connectivity index (χ0v) is 17.6. The van der Waals surface area contributed by atoms with Crippen molar-refractivity contribution in [3.8, 4) is 0 Å². The molecule has 0 bridgehead atoms. The van der Waals surface area contributed by atoms with Crippen molar-refractivity contribution in [2.24, 2.45) is 22.7 Å². The van der Waals surface area contributed by atoms with Gasteiger partial charge in [-0.05, 0) is 39.5 Å². The number of hydrogen-bond donors (Lipinski definition) is 0. The summed E-state index contributed by atoms with van der Waals surface area (Å²) in [5.74, 6) is 0.918. The van der Waals surface area contributed by atoms with Crippen molar-refractivity contribution in [2.45, 2.75) is 48.0 Å². The van der Waals surface area contributed by atoms with Gasteiger partial charge in [-0.25, -0.2) is 0 Å². The van der Waals surface area contributed by atoms with Gasteiger partial charge in [0.25, 0.3) is 0 Å². The quantitative estimate of drug-likeness (QED) is 0.482. The first-order valence-corrected chi connectivity index (χ1v) is 10.3. The monoisotopic (exact) mass is 356 g/mol. The molecule has 140 valence electrons. The van der Waals surface area contributed by atoms with Gasteiger partial charge in [-0.3, -0.25) is 0 Å². The lowest BCUT2D eigenvalue weighted by molar-refractivity contribution is 0.473. The van der Waals surface area contributed by atoms with Gasteiger partial charge in [0.1, 0.15) is 0 Å². The molecule has 4 aliphatic carbocycles. The Morgan fingerprint density at radius 1 is 0.630 bits per heavy atom. The Kier molecular flexibility index (Phi) is 4.22. The standard InChI is InChI=1S/C27H32/c1-26(2,3)24-16-18(20-11-7-9-13-22(20)24)15-19-17-25(27(4,5)6)23-14-10-8-12-21(19)23/h7-14,16-17,22-23H,15H2,1-6H3. The minimum atomic E-state index is 0.198. The molecule has 0 aliphatic heterocycles. The van der Waals surface area contributed by atoms with E-state index >= 15 is 0 Å². The smallest absolute Gasteiger partial charge is 0.0242 e. The minimum absolute atomic E-state index is 0.198. The highest BCUT2D eigenvalue weighted by molar-refractivity contribution is 5.60. The van der Waals surface area contributed by atoms with Crippen molar-refractivity contribution in [3.63, 3.8) is 0 Å². The number of fused-ring (bicyclic) bond motifs is 2. The van der Waals surface area contributed by atoms with E-state index in [2.05, 4.69) is 102 Å². The van der Waals surface area contributed by atoms with Crippen LogP contribution in [0, 0.1) is 22.7 Å². The molecule has 4 aliphatic rings. The molecular formula is C27H32. The second-order valence-corrected chi connectivity index (χ2v) is 10.3. The molecule has 4 rings (SSSR count). The van der Waals surface area contributed by atoms with Crippen LogP contribution < -0.4 is 0 Å². The fraction of sp³-hybridized carbons (Fsp3) is 0.407. The maximum Gasteiger partial charge on any atom is 0.0242 e. The summed E-state index contributed by atoms with van der Waals surface area (Å²) in [6, 6.07) is 0. The van der Waals surface area contributed by atoms with Gasteiger partial charge in [0, 0.05) is 11.8 Å². The third kappa shape index (κ3) is 3.20. The summed E-state index contributed by atoms with van der Waals surface area (Å²) in [5, 5.41) is 0. The van der Waals surface area contributed by atoms with Crippen LogP contribution in [-0.2, 0) is 0 Å². The van der Waals surface area contributed by atoms with Crippen LogP contribution in [0.25, 0.3) is 0 Å².